The van der Waals surface area contributed by atoms with Crippen molar-refractivity contribution in [3.8, 4) is 0 Å². The Hall–Kier alpha value is -0.910. The molecule has 0 aromatic rings. The van der Waals surface area contributed by atoms with Gasteiger partial charge in [0.1, 0.15) is 5.76 Å². The third-order valence-corrected chi connectivity index (χ3v) is 1.09. The molecule has 3 nitrogen and oxygen atoms in total. The van der Waals surface area contributed by atoms with Gasteiger partial charge in [0.25, 0.3) is 0 Å². The van der Waals surface area contributed by atoms with Crippen molar-refractivity contribution in [2.24, 2.45) is 0 Å². The summed E-state index contributed by atoms with van der Waals surface area (Å²) in [5.74, 6) is -0.125. The van der Waals surface area contributed by atoms with Crippen LogP contribution in [-0.4, -0.2) is 25.0 Å². The van der Waals surface area contributed by atoms with E-state index in [0.717, 1.165) is 0 Å². The van der Waals surface area contributed by atoms with E-state index in [1.807, 2.05) is 0 Å². The van der Waals surface area contributed by atoms with Crippen LogP contribution in [0.4, 0.5) is 13.2 Å². The van der Waals surface area contributed by atoms with Crippen molar-refractivity contribution in [1.29, 1.82) is 0 Å². The molecule has 1 aliphatic rings. The Morgan fingerprint density at radius 3 is 2.64 bits per heavy atom. The predicted molar refractivity (Wildman–Crippen MR) is 31.0 cm³/mol. The molecule has 6 heteroatoms. The standard InChI is InChI=1S/C5H7F3N2O/c1-10-3-4(2-9-10)11-5(6,7)8/h2,9H,3H2,1H3. The minimum absolute atomic E-state index is 0.125. The normalized spacial score (nSPS) is 19.5. The Morgan fingerprint density at radius 1 is 1.64 bits per heavy atom. The molecule has 1 N–H and O–H groups in total. The first-order valence-corrected chi connectivity index (χ1v) is 2.89. The van der Waals surface area contributed by atoms with Crippen molar-refractivity contribution in [2.75, 3.05) is 13.6 Å². The number of hydrogen-bond acceptors (Lipinski definition) is 3. The van der Waals surface area contributed by atoms with Gasteiger partial charge < -0.3 is 10.2 Å². The monoisotopic (exact) mass is 168 g/mol. The average Bonchev–Trinajstić information content (AvgIpc) is 2.10. The van der Waals surface area contributed by atoms with E-state index in [2.05, 4.69) is 10.2 Å². The number of rotatable bonds is 1. The molecule has 1 aliphatic heterocycles. The second-order valence-corrected chi connectivity index (χ2v) is 2.14. The number of hydrazine groups is 1. The highest BCUT2D eigenvalue weighted by molar-refractivity contribution is 4.98. The molecule has 11 heavy (non-hydrogen) atoms. The molecule has 0 radical (unpaired) electrons. The minimum atomic E-state index is -4.58. The quantitative estimate of drug-likeness (QED) is 0.627. The molecule has 0 atom stereocenters. The molecule has 0 saturated heterocycles. The number of nitrogens with one attached hydrogen (secondary N) is 1. The summed E-state index contributed by atoms with van der Waals surface area (Å²) in [7, 11) is 1.61. The van der Waals surface area contributed by atoms with Gasteiger partial charge in [-0.15, -0.1) is 13.2 Å². The molecule has 0 saturated carbocycles. The molecular weight excluding hydrogens is 161 g/mol. The molecule has 1 rings (SSSR count). The number of nitrogens with zero attached hydrogens (tertiary/aromatic N) is 1. The van der Waals surface area contributed by atoms with Crippen LogP contribution >= 0.6 is 0 Å². The average molecular weight is 168 g/mol. The number of likely N-dealkylation sites (N-methyl/N-ethyl adjacent to an activating group) is 1. The molecule has 0 spiro atoms. The van der Waals surface area contributed by atoms with Gasteiger partial charge in [0.15, 0.2) is 0 Å². The van der Waals surface area contributed by atoms with E-state index in [4.69, 9.17) is 0 Å². The summed E-state index contributed by atoms with van der Waals surface area (Å²) in [5.41, 5.74) is 2.54. The smallest absolute Gasteiger partial charge is 0.407 e. The Kier molecular flexibility index (Phi) is 1.95. The largest absolute Gasteiger partial charge is 0.572 e. The highest BCUT2D eigenvalue weighted by Crippen LogP contribution is 2.21. The van der Waals surface area contributed by atoms with E-state index in [1.54, 1.807) is 7.05 Å². The molecule has 64 valence electrons. The number of alkyl halides is 3. The Labute approximate surface area is 61.4 Å². The Balaban J connectivity index is 2.40. The highest BCUT2D eigenvalue weighted by atomic mass is 19.4. The Morgan fingerprint density at radius 2 is 2.27 bits per heavy atom. The van der Waals surface area contributed by atoms with Crippen LogP contribution in [0.1, 0.15) is 0 Å². The summed E-state index contributed by atoms with van der Waals surface area (Å²) < 4.78 is 38.2. The molecule has 0 aliphatic carbocycles. The topological polar surface area (TPSA) is 24.5 Å². The minimum Gasteiger partial charge on any atom is -0.407 e. The zero-order valence-corrected chi connectivity index (χ0v) is 5.77. The van der Waals surface area contributed by atoms with Crippen LogP contribution in [0.5, 0.6) is 0 Å². The lowest BCUT2D eigenvalue weighted by molar-refractivity contribution is -0.305. The summed E-state index contributed by atoms with van der Waals surface area (Å²) in [6.45, 7) is 0.125. The summed E-state index contributed by atoms with van der Waals surface area (Å²) in [6.07, 6.45) is -3.41. The SMILES string of the molecule is CN1CC(OC(F)(F)F)=CN1. The van der Waals surface area contributed by atoms with Crippen LogP contribution in [0.2, 0.25) is 0 Å². The van der Waals surface area contributed by atoms with Crippen molar-refractivity contribution in [2.45, 2.75) is 6.36 Å². The third-order valence-electron chi connectivity index (χ3n) is 1.09. The fourth-order valence-electron chi connectivity index (χ4n) is 0.718. The van der Waals surface area contributed by atoms with Crippen molar-refractivity contribution in [1.82, 2.24) is 10.4 Å². The van der Waals surface area contributed by atoms with Crippen LogP contribution in [0.25, 0.3) is 0 Å². The van der Waals surface area contributed by atoms with Crippen LogP contribution < -0.4 is 5.43 Å². The lowest BCUT2D eigenvalue weighted by Gasteiger charge is -2.10. The zero-order chi connectivity index (χ0) is 8.48. The molecule has 0 amide bonds. The van der Waals surface area contributed by atoms with Crippen molar-refractivity contribution in [3.05, 3.63) is 12.0 Å². The summed E-state index contributed by atoms with van der Waals surface area (Å²) in [5, 5.41) is 1.47. The van der Waals surface area contributed by atoms with Gasteiger partial charge >= 0.3 is 6.36 Å². The van der Waals surface area contributed by atoms with Crippen molar-refractivity contribution in [3.63, 3.8) is 0 Å². The van der Waals surface area contributed by atoms with Crippen LogP contribution in [0, 0.1) is 0 Å². The maximum Gasteiger partial charge on any atom is 0.572 e. The van der Waals surface area contributed by atoms with E-state index in [9.17, 15) is 13.2 Å². The second-order valence-electron chi connectivity index (χ2n) is 2.14. The van der Waals surface area contributed by atoms with Crippen LogP contribution in [0.15, 0.2) is 12.0 Å². The van der Waals surface area contributed by atoms with Gasteiger partial charge in [0.05, 0.1) is 12.7 Å². The lowest BCUT2D eigenvalue weighted by atomic mass is 10.5. The van der Waals surface area contributed by atoms with Gasteiger partial charge in [-0.2, -0.15) is 0 Å². The lowest BCUT2D eigenvalue weighted by Crippen LogP contribution is -2.25. The molecule has 0 aromatic heterocycles. The van der Waals surface area contributed by atoms with Crippen LogP contribution in [0.3, 0.4) is 0 Å². The highest BCUT2D eigenvalue weighted by Gasteiger charge is 2.33. The van der Waals surface area contributed by atoms with E-state index in [1.165, 1.54) is 11.2 Å². The Bertz CT molecular complexity index is 177. The van der Waals surface area contributed by atoms with Gasteiger partial charge in [0, 0.05) is 7.05 Å². The molecule has 0 fully saturated rings. The second kappa shape index (κ2) is 2.61. The zero-order valence-electron chi connectivity index (χ0n) is 5.77. The van der Waals surface area contributed by atoms with E-state index in [0.29, 0.717) is 0 Å². The van der Waals surface area contributed by atoms with Gasteiger partial charge in [-0.05, 0) is 0 Å². The number of hydrogen-bond donors (Lipinski definition) is 1. The first-order chi connectivity index (χ1) is 4.97. The van der Waals surface area contributed by atoms with E-state index >= 15 is 0 Å². The number of halogens is 3. The van der Waals surface area contributed by atoms with Crippen molar-refractivity contribution >= 4 is 0 Å². The maximum absolute atomic E-state index is 11.5. The van der Waals surface area contributed by atoms with Crippen LogP contribution in [-0.2, 0) is 4.74 Å². The predicted octanol–water partition coefficient (Wildman–Crippen LogP) is 0.814. The molecule has 0 aromatic carbocycles. The summed E-state index contributed by atoms with van der Waals surface area (Å²) in [6, 6.07) is 0. The number of ether oxygens (including phenoxy) is 1. The maximum atomic E-state index is 11.5. The fourth-order valence-corrected chi connectivity index (χ4v) is 0.718. The van der Waals surface area contributed by atoms with Gasteiger partial charge in [-0.1, -0.05) is 0 Å². The summed E-state index contributed by atoms with van der Waals surface area (Å²) in [4.78, 5) is 0. The van der Waals surface area contributed by atoms with E-state index < -0.39 is 6.36 Å². The van der Waals surface area contributed by atoms with Gasteiger partial charge in [0.2, 0.25) is 0 Å². The first kappa shape index (κ1) is 8.19. The third kappa shape index (κ3) is 2.67. The first-order valence-electron chi connectivity index (χ1n) is 2.89. The molecule has 0 bridgehead atoms. The summed E-state index contributed by atoms with van der Waals surface area (Å²) >= 11 is 0. The molecule has 1 heterocycles. The van der Waals surface area contributed by atoms with Crippen molar-refractivity contribution < 1.29 is 17.9 Å². The molecular formula is C5H7F3N2O. The van der Waals surface area contributed by atoms with Gasteiger partial charge in [-0.3, -0.25) is 0 Å². The molecule has 0 unspecified atom stereocenters. The van der Waals surface area contributed by atoms with Gasteiger partial charge in [-0.25, -0.2) is 5.01 Å². The fraction of sp³-hybridized carbons (Fsp3) is 0.600. The van der Waals surface area contributed by atoms with E-state index in [-0.39, 0.29) is 12.3 Å².